The SMILES string of the molecule is OC(COCCOCC(O)COC(F)(F)C1(F)C2(F)C(F)(F)C3(F)C(F)(F)C(F)(C2(F)F)C(F)(F)C1(F)C3(F)F)COC(F)(F)C1(F)C2(F)C(F)(F)C3(F)C(F)(F)C(F)(C2(F)F)C(F)(F)C1(F)C3(F)F. The molecule has 8 rings (SSSR count). The van der Waals surface area contributed by atoms with E-state index in [4.69, 9.17) is 0 Å². The van der Waals surface area contributed by atoms with Crippen molar-refractivity contribution in [1.82, 2.24) is 0 Å². The van der Waals surface area contributed by atoms with Crippen molar-refractivity contribution in [2.45, 2.75) is 140 Å². The van der Waals surface area contributed by atoms with Crippen LogP contribution < -0.4 is 0 Å². The monoisotopic (exact) mass is 1120 g/mol. The van der Waals surface area contributed by atoms with Crippen LogP contribution in [0.4, 0.5) is 149 Å². The van der Waals surface area contributed by atoms with Crippen molar-refractivity contribution < 1.29 is 178 Å². The van der Waals surface area contributed by atoms with Gasteiger partial charge in [0.2, 0.25) is 0 Å². The molecule has 0 aromatic heterocycles. The number of hydrogen-bond donors (Lipinski definition) is 2. The van der Waals surface area contributed by atoms with Gasteiger partial charge in [-0.3, -0.25) is 0 Å². The molecule has 8 saturated carbocycles. The lowest BCUT2D eigenvalue weighted by Crippen LogP contribution is -3.10. The Morgan fingerprint density at radius 1 is 0.271 bits per heavy atom. The van der Waals surface area contributed by atoms with Crippen molar-refractivity contribution in [3.05, 3.63) is 0 Å². The van der Waals surface area contributed by atoms with E-state index in [2.05, 4.69) is 18.9 Å². The minimum Gasteiger partial charge on any atom is -0.388 e. The van der Waals surface area contributed by atoms with Crippen molar-refractivity contribution in [3.63, 3.8) is 0 Å². The predicted octanol–water partition coefficient (Wildman–Crippen LogP) is 8.48. The average molecular weight is 1120 g/mol. The zero-order chi connectivity index (χ0) is 55.2. The third kappa shape index (κ3) is 4.25. The van der Waals surface area contributed by atoms with Gasteiger partial charge in [-0.15, -0.1) is 0 Å². The second kappa shape index (κ2) is 13.4. The molecule has 0 amide bonds. The summed E-state index contributed by atoms with van der Waals surface area (Å²) in [6.07, 6.45) is -22.1. The van der Waals surface area contributed by atoms with Crippen LogP contribution in [0.25, 0.3) is 0 Å². The van der Waals surface area contributed by atoms with E-state index in [9.17, 15) is 116 Å². The Morgan fingerprint density at radius 2 is 0.429 bits per heavy atom. The Kier molecular flexibility index (Phi) is 10.9. The molecule has 2 N–H and O–H groups in total. The maximum atomic E-state index is 15.9. The first kappa shape index (κ1) is 56.7. The minimum atomic E-state index is -8.59. The molecule has 410 valence electrons. The fourth-order valence-corrected chi connectivity index (χ4v) is 9.79. The number of rotatable bonds is 15. The van der Waals surface area contributed by atoms with Crippen LogP contribution in [0.15, 0.2) is 0 Å². The molecule has 2 atom stereocenters. The van der Waals surface area contributed by atoms with Crippen LogP contribution in [0.2, 0.25) is 0 Å². The third-order valence-corrected chi connectivity index (χ3v) is 13.3. The van der Waals surface area contributed by atoms with Gasteiger partial charge in [0.05, 0.1) is 39.6 Å². The molecule has 0 radical (unpaired) electrons. The van der Waals surface area contributed by atoms with E-state index < -0.39 is 180 Å². The maximum Gasteiger partial charge on any atom is 0.397 e. The maximum absolute atomic E-state index is 15.9. The minimum absolute atomic E-state index is 1.40. The zero-order valence-corrected chi connectivity index (χ0v) is 31.8. The van der Waals surface area contributed by atoms with E-state index in [1.165, 1.54) is 0 Å². The Labute approximate surface area is 359 Å². The summed E-state index contributed by atoms with van der Waals surface area (Å²) in [6, 6.07) is 0. The van der Waals surface area contributed by atoms with E-state index in [0.29, 0.717) is 0 Å². The van der Waals surface area contributed by atoms with Crippen LogP contribution in [0.1, 0.15) is 0 Å². The largest absolute Gasteiger partial charge is 0.397 e. The first-order chi connectivity index (χ1) is 30.5. The molecule has 6 nitrogen and oxygen atoms in total. The molecule has 0 aliphatic heterocycles. The van der Waals surface area contributed by atoms with Gasteiger partial charge in [0.1, 0.15) is 12.2 Å². The molecule has 8 bridgehead atoms. The van der Waals surface area contributed by atoms with E-state index in [-0.39, 0.29) is 0 Å². The van der Waals surface area contributed by atoms with Crippen molar-refractivity contribution >= 4 is 0 Å². The van der Waals surface area contributed by atoms with Gasteiger partial charge in [-0.2, -0.15) is 105 Å². The number of aliphatic hydroxyl groups is 2. The van der Waals surface area contributed by atoms with E-state index in [0.717, 1.165) is 0 Å². The van der Waals surface area contributed by atoms with Gasteiger partial charge in [0.15, 0.2) is 0 Å². The second-order valence-electron chi connectivity index (χ2n) is 16.4. The molecule has 0 spiro atoms. The fraction of sp³-hybridized carbons (Fsp3) is 1.00. The highest BCUT2D eigenvalue weighted by molar-refractivity contribution is 5.58. The Morgan fingerprint density at radius 3 is 0.600 bits per heavy atom. The highest BCUT2D eigenvalue weighted by Crippen LogP contribution is 2.92. The van der Waals surface area contributed by atoms with Gasteiger partial charge in [-0.1, -0.05) is 0 Å². The van der Waals surface area contributed by atoms with Crippen LogP contribution in [0.3, 0.4) is 0 Å². The Bertz CT molecular complexity index is 1840. The van der Waals surface area contributed by atoms with Crippen molar-refractivity contribution in [3.8, 4) is 0 Å². The van der Waals surface area contributed by atoms with E-state index in [1.54, 1.807) is 0 Å². The van der Waals surface area contributed by atoms with Crippen LogP contribution in [0.5, 0.6) is 0 Å². The van der Waals surface area contributed by atoms with Gasteiger partial charge >= 0.3 is 94.1 Å². The lowest BCUT2D eigenvalue weighted by molar-refractivity contribution is -0.614. The predicted molar refractivity (Wildman–Crippen MR) is 143 cm³/mol. The fourth-order valence-electron chi connectivity index (χ4n) is 9.79. The van der Waals surface area contributed by atoms with E-state index >= 15 is 43.9 Å². The molecular weight excluding hydrogens is 1100 g/mol. The van der Waals surface area contributed by atoms with Crippen molar-refractivity contribution in [1.29, 1.82) is 0 Å². The van der Waals surface area contributed by atoms with Gasteiger partial charge < -0.3 is 29.2 Å². The summed E-state index contributed by atoms with van der Waals surface area (Å²) >= 11 is 0. The summed E-state index contributed by atoms with van der Waals surface area (Å²) in [4.78, 5) is 0. The van der Waals surface area contributed by atoms with Gasteiger partial charge in [0.25, 0.3) is 34.0 Å². The summed E-state index contributed by atoms with van der Waals surface area (Å²) in [5.74, 6) is -85.3. The molecule has 40 heteroatoms. The average Bonchev–Trinajstić information content (AvgIpc) is 3.21. The van der Waals surface area contributed by atoms with Crippen LogP contribution in [-0.4, -0.2) is 190 Å². The lowest BCUT2D eigenvalue weighted by atomic mass is 9.37. The number of hydrogen-bond acceptors (Lipinski definition) is 6. The molecule has 0 aromatic carbocycles. The molecule has 8 aliphatic rings. The molecule has 0 aromatic rings. The summed E-state index contributed by atoms with van der Waals surface area (Å²) in [5, 5.41) is 19.3. The number of ether oxygens (including phenoxy) is 4. The molecule has 8 fully saturated rings. The summed E-state index contributed by atoms with van der Waals surface area (Å²) in [7, 11) is 0. The smallest absolute Gasteiger partial charge is 0.388 e. The molecule has 70 heavy (non-hydrogen) atoms. The first-order valence-corrected chi connectivity index (χ1v) is 17.7. The highest BCUT2D eigenvalue weighted by Gasteiger charge is 3.26. The quantitative estimate of drug-likeness (QED) is 0.127. The van der Waals surface area contributed by atoms with Crippen LogP contribution >= 0.6 is 0 Å². The lowest BCUT2D eigenvalue weighted by Gasteiger charge is -2.75. The molecule has 0 saturated heterocycles. The van der Waals surface area contributed by atoms with Gasteiger partial charge in [-0.25, -0.2) is 43.9 Å². The molecular formula is C30H16F34O6. The van der Waals surface area contributed by atoms with Crippen molar-refractivity contribution in [2.75, 3.05) is 39.6 Å². The number of halogens is 34. The van der Waals surface area contributed by atoms with Gasteiger partial charge in [-0.05, 0) is 0 Å². The first-order valence-electron chi connectivity index (χ1n) is 17.7. The summed E-state index contributed by atoms with van der Waals surface area (Å²) in [5.41, 5.74) is -84.9. The normalized spacial score (nSPS) is 47.3. The van der Waals surface area contributed by atoms with Crippen LogP contribution in [-0.2, 0) is 18.9 Å². The standard InChI is InChI=1S/C30H16F34O6/c31-9(11(33)19(41,42)15(37)21(45,46)12(9,34)22(47,48)16(38,20(11,43)44)27(15,57)58)29(61,62)69-5-7(65)3-67-1-2-68-4-8(66)6-70-30(63,64)10(32)13(35)23(49,50)17(39)25(53,54)14(10,36)26(55,56)18(40,24(13,51)52)28(17,59)60/h7-8,65-66H,1-6H2. The number of alkyl halides is 34. The second-order valence-corrected chi connectivity index (χ2v) is 16.4. The topological polar surface area (TPSA) is 77.4 Å². The van der Waals surface area contributed by atoms with Crippen LogP contribution in [0, 0.1) is 0 Å². The molecule has 2 unspecified atom stereocenters. The number of aliphatic hydroxyl groups excluding tert-OH is 2. The van der Waals surface area contributed by atoms with Gasteiger partial charge in [0, 0.05) is 0 Å². The Hall–Kier alpha value is -2.62. The zero-order valence-electron chi connectivity index (χ0n) is 31.8. The van der Waals surface area contributed by atoms with Crippen molar-refractivity contribution in [2.24, 2.45) is 0 Å². The molecule has 0 heterocycles. The summed E-state index contributed by atoms with van der Waals surface area (Å²) in [6.45, 7) is -12.3. The Balaban J connectivity index is 1.11. The molecule has 8 aliphatic carbocycles. The van der Waals surface area contributed by atoms with E-state index in [1.807, 2.05) is 0 Å². The highest BCUT2D eigenvalue weighted by atomic mass is 19.4. The summed E-state index contributed by atoms with van der Waals surface area (Å²) < 4.78 is 522. The third-order valence-electron chi connectivity index (χ3n) is 13.3.